The van der Waals surface area contributed by atoms with Crippen molar-refractivity contribution in [2.75, 3.05) is 6.54 Å². The molecule has 0 fully saturated rings. The van der Waals surface area contributed by atoms with E-state index in [9.17, 15) is 4.79 Å². The Morgan fingerprint density at radius 2 is 2.23 bits per heavy atom. The van der Waals surface area contributed by atoms with Crippen LogP contribution in [-0.4, -0.2) is 15.6 Å². The quantitative estimate of drug-likeness (QED) is 0.520. The molecule has 1 aromatic carbocycles. The van der Waals surface area contributed by atoms with Gasteiger partial charge in [-0.1, -0.05) is 22.0 Å². The minimum Gasteiger partial charge on any atom is -0.281 e. The number of carbonyl (C=O) groups excluding carboxylic acids is 1. The molecule has 0 bridgehead atoms. The van der Waals surface area contributed by atoms with E-state index in [0.717, 1.165) is 28.6 Å². The fraction of sp³-hybridized carbons (Fsp3) is 0.222. The van der Waals surface area contributed by atoms with Crippen LogP contribution in [0.25, 0.3) is 0 Å². The SMILES string of the molecule is O=C1c2cccc(Br)c2CCN1I. The molecule has 2 rings (SSSR count). The standard InChI is InChI=1S/C9H7BrINO/c10-8-3-1-2-7-6(8)4-5-12(11)9(7)13/h1-3H,4-5H2. The predicted octanol–water partition coefficient (Wildman–Crippen LogP) is 2.80. The van der Waals surface area contributed by atoms with Crippen LogP contribution in [0.1, 0.15) is 15.9 Å². The fourth-order valence-corrected chi connectivity index (χ4v) is 2.52. The van der Waals surface area contributed by atoms with Crippen molar-refractivity contribution in [3.63, 3.8) is 0 Å². The second-order valence-electron chi connectivity index (χ2n) is 2.91. The molecule has 1 aliphatic heterocycles. The molecule has 0 saturated heterocycles. The number of carbonyl (C=O) groups is 1. The molecule has 2 nitrogen and oxygen atoms in total. The minimum absolute atomic E-state index is 0.114. The summed E-state index contributed by atoms with van der Waals surface area (Å²) in [6.45, 7) is 0.801. The Morgan fingerprint density at radius 3 is 3.00 bits per heavy atom. The van der Waals surface area contributed by atoms with E-state index >= 15 is 0 Å². The van der Waals surface area contributed by atoms with Crippen molar-refractivity contribution in [1.82, 2.24) is 3.11 Å². The van der Waals surface area contributed by atoms with Crippen molar-refractivity contribution in [2.24, 2.45) is 0 Å². The highest BCUT2D eigenvalue weighted by molar-refractivity contribution is 14.1. The molecule has 4 heteroatoms. The van der Waals surface area contributed by atoms with Gasteiger partial charge in [-0.15, -0.1) is 0 Å². The Labute approximate surface area is 98.9 Å². The molecule has 68 valence electrons. The smallest absolute Gasteiger partial charge is 0.262 e. The highest BCUT2D eigenvalue weighted by Crippen LogP contribution is 2.27. The highest BCUT2D eigenvalue weighted by Gasteiger charge is 2.23. The van der Waals surface area contributed by atoms with Crippen LogP contribution in [0.2, 0.25) is 0 Å². The molecule has 0 aromatic heterocycles. The van der Waals surface area contributed by atoms with Gasteiger partial charge in [0.15, 0.2) is 0 Å². The van der Waals surface area contributed by atoms with E-state index in [-0.39, 0.29) is 5.91 Å². The summed E-state index contributed by atoms with van der Waals surface area (Å²) in [6, 6.07) is 5.76. The van der Waals surface area contributed by atoms with Crippen LogP contribution >= 0.6 is 38.8 Å². The first-order valence-corrected chi connectivity index (χ1v) is 5.71. The lowest BCUT2D eigenvalue weighted by Crippen LogP contribution is -2.29. The minimum atomic E-state index is 0.114. The number of hydrogen-bond acceptors (Lipinski definition) is 1. The predicted molar refractivity (Wildman–Crippen MR) is 62.9 cm³/mol. The van der Waals surface area contributed by atoms with Gasteiger partial charge in [-0.2, -0.15) is 0 Å². The van der Waals surface area contributed by atoms with Gasteiger partial charge in [-0.25, -0.2) is 0 Å². The Balaban J connectivity index is 2.55. The second-order valence-corrected chi connectivity index (χ2v) is 4.93. The van der Waals surface area contributed by atoms with Crippen molar-refractivity contribution in [2.45, 2.75) is 6.42 Å². The van der Waals surface area contributed by atoms with Crippen molar-refractivity contribution in [1.29, 1.82) is 0 Å². The first-order chi connectivity index (χ1) is 6.20. The summed E-state index contributed by atoms with van der Waals surface area (Å²) in [5, 5.41) is 0. The lowest BCUT2D eigenvalue weighted by molar-refractivity contribution is 0.0878. The van der Waals surface area contributed by atoms with Crippen molar-refractivity contribution in [3.8, 4) is 0 Å². The summed E-state index contributed by atoms with van der Waals surface area (Å²) in [5.74, 6) is 0.114. The maximum atomic E-state index is 11.7. The number of hydrogen-bond donors (Lipinski definition) is 0. The first kappa shape index (κ1) is 9.45. The fourth-order valence-electron chi connectivity index (χ4n) is 1.46. The molecular weight excluding hydrogens is 345 g/mol. The maximum Gasteiger partial charge on any atom is 0.262 e. The summed E-state index contributed by atoms with van der Waals surface area (Å²) in [4.78, 5) is 11.7. The van der Waals surface area contributed by atoms with E-state index in [1.807, 2.05) is 18.2 Å². The van der Waals surface area contributed by atoms with E-state index in [0.29, 0.717) is 0 Å². The van der Waals surface area contributed by atoms with Crippen LogP contribution in [0, 0.1) is 0 Å². The van der Waals surface area contributed by atoms with E-state index in [1.165, 1.54) is 0 Å². The maximum absolute atomic E-state index is 11.7. The first-order valence-electron chi connectivity index (χ1n) is 3.95. The van der Waals surface area contributed by atoms with Crippen molar-refractivity contribution < 1.29 is 4.79 Å². The number of nitrogens with zero attached hydrogens (tertiary/aromatic N) is 1. The van der Waals surface area contributed by atoms with Gasteiger partial charge in [0, 0.05) is 16.6 Å². The molecule has 1 aliphatic rings. The monoisotopic (exact) mass is 351 g/mol. The molecule has 0 unspecified atom stereocenters. The topological polar surface area (TPSA) is 20.3 Å². The Hall–Kier alpha value is -0.100. The summed E-state index contributed by atoms with van der Waals surface area (Å²) in [7, 11) is 0. The number of amides is 1. The van der Waals surface area contributed by atoms with Gasteiger partial charge in [-0.3, -0.25) is 7.91 Å². The Kier molecular flexibility index (Phi) is 2.60. The number of benzene rings is 1. The third kappa shape index (κ3) is 1.61. The van der Waals surface area contributed by atoms with Crippen molar-refractivity contribution in [3.05, 3.63) is 33.8 Å². The Morgan fingerprint density at radius 1 is 1.46 bits per heavy atom. The normalized spacial score (nSPS) is 15.8. The van der Waals surface area contributed by atoms with E-state index in [2.05, 4.69) is 38.8 Å². The molecule has 0 aliphatic carbocycles. The Bertz CT molecular complexity index is 367. The largest absolute Gasteiger partial charge is 0.281 e. The second kappa shape index (κ2) is 3.57. The summed E-state index contributed by atoms with van der Waals surface area (Å²) in [6.07, 6.45) is 0.936. The molecule has 1 heterocycles. The molecule has 0 spiro atoms. The average Bonchev–Trinajstić information content (AvgIpc) is 2.12. The van der Waals surface area contributed by atoms with Gasteiger partial charge in [0.1, 0.15) is 0 Å². The molecule has 0 radical (unpaired) electrons. The van der Waals surface area contributed by atoms with Crippen LogP contribution in [0.5, 0.6) is 0 Å². The van der Waals surface area contributed by atoms with Crippen LogP contribution in [-0.2, 0) is 6.42 Å². The number of halogens is 2. The zero-order chi connectivity index (χ0) is 9.42. The summed E-state index contributed by atoms with van der Waals surface area (Å²) < 4.78 is 2.77. The molecule has 1 amide bonds. The van der Waals surface area contributed by atoms with Gasteiger partial charge in [0.25, 0.3) is 5.91 Å². The van der Waals surface area contributed by atoms with Crippen LogP contribution in [0.3, 0.4) is 0 Å². The summed E-state index contributed by atoms with van der Waals surface area (Å²) in [5.41, 5.74) is 1.97. The lowest BCUT2D eigenvalue weighted by Gasteiger charge is -2.23. The molecule has 0 N–H and O–H groups in total. The van der Waals surface area contributed by atoms with Gasteiger partial charge < -0.3 is 0 Å². The number of rotatable bonds is 0. The van der Waals surface area contributed by atoms with Gasteiger partial charge in [0.05, 0.1) is 22.9 Å². The van der Waals surface area contributed by atoms with Gasteiger partial charge in [-0.05, 0) is 24.1 Å². The third-order valence-corrected chi connectivity index (χ3v) is 3.79. The zero-order valence-corrected chi connectivity index (χ0v) is 10.5. The van der Waals surface area contributed by atoms with Crippen LogP contribution in [0.15, 0.2) is 22.7 Å². The molecular formula is C9H7BrINO. The third-order valence-electron chi connectivity index (χ3n) is 2.13. The summed E-state index contributed by atoms with van der Waals surface area (Å²) >= 11 is 5.52. The average molecular weight is 352 g/mol. The molecule has 1 aromatic rings. The van der Waals surface area contributed by atoms with Crippen molar-refractivity contribution >= 4 is 44.7 Å². The molecule has 0 saturated carbocycles. The van der Waals surface area contributed by atoms with Gasteiger partial charge in [0.2, 0.25) is 0 Å². The molecule has 0 atom stereocenters. The highest BCUT2D eigenvalue weighted by atomic mass is 127. The van der Waals surface area contributed by atoms with E-state index in [4.69, 9.17) is 0 Å². The van der Waals surface area contributed by atoms with Crippen LogP contribution < -0.4 is 0 Å². The number of fused-ring (bicyclic) bond motifs is 1. The van der Waals surface area contributed by atoms with Crippen LogP contribution in [0.4, 0.5) is 0 Å². The lowest BCUT2D eigenvalue weighted by atomic mass is 10.0. The molecule has 13 heavy (non-hydrogen) atoms. The van der Waals surface area contributed by atoms with E-state index in [1.54, 1.807) is 3.11 Å². The zero-order valence-electron chi connectivity index (χ0n) is 6.76. The van der Waals surface area contributed by atoms with E-state index < -0.39 is 0 Å². The van der Waals surface area contributed by atoms with Gasteiger partial charge >= 0.3 is 0 Å².